The van der Waals surface area contributed by atoms with Crippen LogP contribution >= 0.6 is 0 Å². The fourth-order valence-electron chi connectivity index (χ4n) is 4.03. The van der Waals surface area contributed by atoms with Crippen molar-refractivity contribution in [2.45, 2.75) is 52.2 Å². The summed E-state index contributed by atoms with van der Waals surface area (Å²) in [5, 5.41) is 5.02. The van der Waals surface area contributed by atoms with Gasteiger partial charge in [-0.3, -0.25) is 4.79 Å². The maximum atomic E-state index is 13.3. The van der Waals surface area contributed by atoms with E-state index in [1.54, 1.807) is 21.8 Å². The molecule has 162 valence electrons. The molecule has 4 rings (SSSR count). The van der Waals surface area contributed by atoms with Crippen LogP contribution in [0.4, 0.5) is 0 Å². The Hall–Kier alpha value is -3.22. The van der Waals surface area contributed by atoms with E-state index < -0.39 is 12.1 Å². The van der Waals surface area contributed by atoms with Crippen LogP contribution in [0.2, 0.25) is 0 Å². The number of likely N-dealkylation sites (tertiary alicyclic amines) is 1. The lowest BCUT2D eigenvalue weighted by molar-refractivity contribution is -0.142. The number of fused-ring (bicyclic) bond motifs is 1. The first-order chi connectivity index (χ1) is 15.0. The largest absolute Gasteiger partial charge is 0.444 e. The molecule has 0 spiro atoms. The summed E-state index contributed by atoms with van der Waals surface area (Å²) in [4.78, 5) is 33.0. The Labute approximate surface area is 182 Å². The Balaban J connectivity index is 1.69. The van der Waals surface area contributed by atoms with Crippen LogP contribution in [-0.4, -0.2) is 44.6 Å². The summed E-state index contributed by atoms with van der Waals surface area (Å²) in [6, 6.07) is 11.0. The zero-order chi connectivity index (χ0) is 22.0. The second-order valence-corrected chi connectivity index (χ2v) is 8.31. The summed E-state index contributed by atoms with van der Waals surface area (Å²) in [6.45, 7) is 7.24. The summed E-state index contributed by atoms with van der Waals surface area (Å²) in [7, 11) is 0. The molecule has 0 N–H and O–H groups in total. The van der Waals surface area contributed by atoms with Gasteiger partial charge in [0, 0.05) is 30.4 Å². The molecule has 3 heterocycles. The van der Waals surface area contributed by atoms with E-state index in [1.165, 1.54) is 0 Å². The zero-order valence-corrected chi connectivity index (χ0v) is 18.2. The van der Waals surface area contributed by atoms with Gasteiger partial charge in [0.2, 0.25) is 6.10 Å². The number of aryl methyl sites for hydroxylation is 1. The number of ether oxygens (including phenoxy) is 1. The number of amides is 1. The molecule has 7 nitrogen and oxygen atoms in total. The van der Waals surface area contributed by atoms with Gasteiger partial charge in [0.05, 0.1) is 17.1 Å². The Morgan fingerprint density at radius 2 is 1.77 bits per heavy atom. The SMILES string of the molecule is Cc1cc(C(=O)O[C@@H](C(=O)N2CCCCC2)c2ccccc2)c2cnn(C(C)C)c2n1. The summed E-state index contributed by atoms with van der Waals surface area (Å²) in [5.74, 6) is -0.711. The van der Waals surface area contributed by atoms with Gasteiger partial charge < -0.3 is 9.64 Å². The summed E-state index contributed by atoms with van der Waals surface area (Å²) in [5.41, 5.74) is 2.38. The van der Waals surface area contributed by atoms with E-state index in [9.17, 15) is 9.59 Å². The van der Waals surface area contributed by atoms with Crippen LogP contribution in [0.15, 0.2) is 42.6 Å². The van der Waals surface area contributed by atoms with Crippen molar-refractivity contribution in [1.82, 2.24) is 19.7 Å². The molecule has 1 saturated heterocycles. The minimum absolute atomic E-state index is 0.105. The number of piperidine rings is 1. The predicted molar refractivity (Wildman–Crippen MR) is 118 cm³/mol. The van der Waals surface area contributed by atoms with E-state index in [4.69, 9.17) is 4.74 Å². The smallest absolute Gasteiger partial charge is 0.340 e. The molecular formula is C24H28N4O3. The second-order valence-electron chi connectivity index (χ2n) is 8.31. The van der Waals surface area contributed by atoms with Crippen LogP contribution < -0.4 is 0 Å². The van der Waals surface area contributed by atoms with Crippen molar-refractivity contribution >= 4 is 22.9 Å². The van der Waals surface area contributed by atoms with Gasteiger partial charge in [0.25, 0.3) is 5.91 Å². The number of rotatable bonds is 5. The molecule has 2 aromatic heterocycles. The highest BCUT2D eigenvalue weighted by molar-refractivity contribution is 6.03. The van der Waals surface area contributed by atoms with Crippen LogP contribution in [0.1, 0.15) is 66.9 Å². The molecule has 0 unspecified atom stereocenters. The molecule has 31 heavy (non-hydrogen) atoms. The number of carbonyl (C=O) groups excluding carboxylic acids is 2. The molecule has 7 heteroatoms. The zero-order valence-electron chi connectivity index (χ0n) is 18.2. The average Bonchev–Trinajstić information content (AvgIpc) is 3.21. The number of aromatic nitrogens is 3. The van der Waals surface area contributed by atoms with Gasteiger partial charge in [-0.15, -0.1) is 0 Å². The van der Waals surface area contributed by atoms with E-state index in [1.807, 2.05) is 51.1 Å². The number of pyridine rings is 1. The van der Waals surface area contributed by atoms with Crippen molar-refractivity contribution in [3.8, 4) is 0 Å². The van der Waals surface area contributed by atoms with Crippen molar-refractivity contribution < 1.29 is 14.3 Å². The first-order valence-electron chi connectivity index (χ1n) is 10.9. The molecule has 0 bridgehead atoms. The molecular weight excluding hydrogens is 392 g/mol. The van der Waals surface area contributed by atoms with Crippen LogP contribution in [0.3, 0.4) is 0 Å². The van der Waals surface area contributed by atoms with Gasteiger partial charge in [-0.1, -0.05) is 30.3 Å². The first kappa shape index (κ1) is 21.0. The molecule has 1 atom stereocenters. The quantitative estimate of drug-likeness (QED) is 0.577. The minimum Gasteiger partial charge on any atom is -0.444 e. The third-order valence-corrected chi connectivity index (χ3v) is 5.62. The molecule has 1 aliphatic heterocycles. The Morgan fingerprint density at radius 3 is 2.45 bits per heavy atom. The highest BCUT2D eigenvalue weighted by atomic mass is 16.5. The van der Waals surface area contributed by atoms with Gasteiger partial charge >= 0.3 is 5.97 Å². The topological polar surface area (TPSA) is 77.3 Å². The van der Waals surface area contributed by atoms with Crippen LogP contribution in [0.5, 0.6) is 0 Å². The highest BCUT2D eigenvalue weighted by Gasteiger charge is 2.31. The van der Waals surface area contributed by atoms with Crippen molar-refractivity contribution in [2.75, 3.05) is 13.1 Å². The standard InChI is InChI=1S/C24H28N4O3/c1-16(2)28-22-20(15-25-28)19(14-17(3)26-22)24(30)31-21(18-10-6-4-7-11-18)23(29)27-12-8-5-9-13-27/h4,6-7,10-11,14-16,21H,5,8-9,12-13H2,1-3H3/t21-/m1/s1. The number of carbonyl (C=O) groups is 2. The summed E-state index contributed by atoms with van der Waals surface area (Å²) in [6.07, 6.45) is 3.73. The van der Waals surface area contributed by atoms with Crippen molar-refractivity contribution in [2.24, 2.45) is 0 Å². The van der Waals surface area contributed by atoms with E-state index in [0.717, 1.165) is 19.3 Å². The van der Waals surface area contributed by atoms with Gasteiger partial charge in [-0.2, -0.15) is 5.10 Å². The van der Waals surface area contributed by atoms with E-state index in [0.29, 0.717) is 40.9 Å². The molecule has 1 aromatic carbocycles. The molecule has 0 aliphatic carbocycles. The number of nitrogens with zero attached hydrogens (tertiary/aromatic N) is 4. The lowest BCUT2D eigenvalue weighted by Gasteiger charge is -2.30. The van der Waals surface area contributed by atoms with Crippen molar-refractivity contribution in [3.63, 3.8) is 0 Å². The third-order valence-electron chi connectivity index (χ3n) is 5.62. The molecule has 1 amide bonds. The summed E-state index contributed by atoms with van der Waals surface area (Å²) >= 11 is 0. The van der Waals surface area contributed by atoms with Crippen molar-refractivity contribution in [1.29, 1.82) is 0 Å². The van der Waals surface area contributed by atoms with Gasteiger partial charge in [-0.25, -0.2) is 14.5 Å². The molecule has 3 aromatic rings. The first-order valence-corrected chi connectivity index (χ1v) is 10.9. The fourth-order valence-corrected chi connectivity index (χ4v) is 4.03. The van der Waals surface area contributed by atoms with Gasteiger partial charge in [-0.05, 0) is 46.1 Å². The van der Waals surface area contributed by atoms with Crippen molar-refractivity contribution in [3.05, 3.63) is 59.4 Å². The predicted octanol–water partition coefficient (Wildman–Crippen LogP) is 4.23. The Kier molecular flexibility index (Phi) is 6.02. The normalized spacial score (nSPS) is 15.3. The van der Waals surface area contributed by atoms with Crippen LogP contribution in [0, 0.1) is 6.92 Å². The molecule has 0 saturated carbocycles. The molecule has 1 fully saturated rings. The van der Waals surface area contributed by atoms with Gasteiger partial charge in [0.15, 0.2) is 5.65 Å². The minimum atomic E-state index is -0.976. The van der Waals surface area contributed by atoms with E-state index >= 15 is 0 Å². The van der Waals surface area contributed by atoms with Crippen LogP contribution in [-0.2, 0) is 9.53 Å². The van der Waals surface area contributed by atoms with E-state index in [2.05, 4.69) is 10.1 Å². The molecule has 1 aliphatic rings. The monoisotopic (exact) mass is 420 g/mol. The summed E-state index contributed by atoms with van der Waals surface area (Å²) < 4.78 is 7.66. The van der Waals surface area contributed by atoms with Crippen LogP contribution in [0.25, 0.3) is 11.0 Å². The van der Waals surface area contributed by atoms with Gasteiger partial charge in [0.1, 0.15) is 0 Å². The maximum Gasteiger partial charge on any atom is 0.340 e. The maximum absolute atomic E-state index is 13.3. The lowest BCUT2D eigenvalue weighted by Crippen LogP contribution is -2.40. The average molecular weight is 421 g/mol. The number of benzene rings is 1. The Bertz CT molecular complexity index is 1080. The number of hydrogen-bond acceptors (Lipinski definition) is 5. The lowest BCUT2D eigenvalue weighted by atomic mass is 10.1. The molecule has 0 radical (unpaired) electrons. The Morgan fingerprint density at radius 1 is 1.06 bits per heavy atom. The number of hydrogen-bond donors (Lipinski definition) is 0. The third kappa shape index (κ3) is 4.31. The van der Waals surface area contributed by atoms with E-state index in [-0.39, 0.29) is 11.9 Å². The highest BCUT2D eigenvalue weighted by Crippen LogP contribution is 2.27. The second kappa shape index (κ2) is 8.88. The number of esters is 1. The fraction of sp³-hybridized carbons (Fsp3) is 0.417.